The van der Waals surface area contributed by atoms with Crippen LogP contribution in [0.15, 0.2) is 93.6 Å². The van der Waals surface area contributed by atoms with Crippen LogP contribution in [-0.4, -0.2) is 33.3 Å². The van der Waals surface area contributed by atoms with Crippen molar-refractivity contribution in [2.45, 2.75) is 22.5 Å². The van der Waals surface area contributed by atoms with E-state index in [1.165, 1.54) is 23.5 Å². The number of para-hydroxylation sites is 2. The molecule has 0 saturated heterocycles. The molecule has 0 bridgehead atoms. The summed E-state index contributed by atoms with van der Waals surface area (Å²) < 4.78 is 4.02. The number of hydrogen-bond acceptors (Lipinski definition) is 8. The van der Waals surface area contributed by atoms with E-state index in [0.717, 1.165) is 62.7 Å². The zero-order chi connectivity index (χ0) is 29.1. The highest BCUT2D eigenvalue weighted by Gasteiger charge is 2.12. The van der Waals surface area contributed by atoms with Crippen LogP contribution in [0.4, 0.5) is 11.4 Å². The second-order valence-electron chi connectivity index (χ2n) is 9.63. The van der Waals surface area contributed by atoms with Gasteiger partial charge < -0.3 is 10.6 Å². The van der Waals surface area contributed by atoms with Crippen molar-refractivity contribution in [1.82, 2.24) is 9.97 Å². The molecular weight excluding hydrogens is 601 g/mol. The van der Waals surface area contributed by atoms with Gasteiger partial charge in [0.05, 0.1) is 31.9 Å². The Bertz CT molecular complexity index is 1730. The lowest BCUT2D eigenvalue weighted by molar-refractivity contribution is -0.114. The number of hydrogen-bond donors (Lipinski definition) is 2. The number of benzene rings is 4. The van der Waals surface area contributed by atoms with Crippen LogP contribution < -0.4 is 10.6 Å². The molecule has 6 aromatic rings. The van der Waals surface area contributed by atoms with Gasteiger partial charge in [0.1, 0.15) is 0 Å². The fraction of sp³-hybridized carbons (Fsp3) is 0.125. The van der Waals surface area contributed by atoms with Crippen LogP contribution in [0.2, 0.25) is 0 Å². The second-order valence-corrected chi connectivity index (χ2v) is 14.1. The van der Waals surface area contributed by atoms with Gasteiger partial charge in [0.2, 0.25) is 11.8 Å². The molecule has 0 aliphatic heterocycles. The van der Waals surface area contributed by atoms with Crippen LogP contribution in [0, 0.1) is 13.8 Å². The fourth-order valence-corrected chi connectivity index (χ4v) is 8.16. The fourth-order valence-electron chi connectivity index (χ4n) is 4.42. The van der Waals surface area contributed by atoms with Crippen LogP contribution in [0.5, 0.6) is 0 Å². The maximum Gasteiger partial charge on any atom is 0.234 e. The van der Waals surface area contributed by atoms with Gasteiger partial charge in [-0.05, 0) is 84.6 Å². The molecule has 0 aliphatic carbocycles. The molecule has 4 aromatic carbocycles. The van der Waals surface area contributed by atoms with E-state index in [4.69, 9.17) is 0 Å². The molecule has 2 N–H and O–H groups in total. The topological polar surface area (TPSA) is 84.0 Å². The first-order valence-electron chi connectivity index (χ1n) is 13.2. The summed E-state index contributed by atoms with van der Waals surface area (Å²) in [7, 11) is 0. The van der Waals surface area contributed by atoms with Crippen molar-refractivity contribution in [3.05, 3.63) is 96.1 Å². The van der Waals surface area contributed by atoms with Crippen molar-refractivity contribution in [2.24, 2.45) is 0 Å². The van der Waals surface area contributed by atoms with E-state index in [1.807, 2.05) is 86.6 Å². The molecule has 0 aliphatic rings. The highest BCUT2D eigenvalue weighted by Crippen LogP contribution is 2.32. The number of anilines is 2. The Labute approximate surface area is 260 Å². The van der Waals surface area contributed by atoms with Gasteiger partial charge >= 0.3 is 0 Å². The molecular formula is C32H26N4O2S4. The summed E-state index contributed by atoms with van der Waals surface area (Å²) in [5.74, 6) is 0.471. The van der Waals surface area contributed by atoms with E-state index in [2.05, 4.69) is 32.7 Å². The minimum absolute atomic E-state index is 0.0626. The SMILES string of the molecule is Cc1cc(-c2ccc(NC(=O)CSc3nc4ccccc4s3)c(C)c2)ccc1NC(=O)CSc1nc2ccccc2s1. The number of rotatable bonds is 9. The molecule has 0 fully saturated rings. The number of aromatic nitrogens is 2. The summed E-state index contributed by atoms with van der Waals surface area (Å²) >= 11 is 6.10. The van der Waals surface area contributed by atoms with Gasteiger partial charge in [0.25, 0.3) is 0 Å². The quantitative estimate of drug-likeness (QED) is 0.156. The van der Waals surface area contributed by atoms with Crippen LogP contribution >= 0.6 is 46.2 Å². The maximum atomic E-state index is 12.7. The summed E-state index contributed by atoms with van der Waals surface area (Å²) in [4.78, 5) is 34.5. The minimum atomic E-state index is -0.0626. The molecule has 210 valence electrons. The molecule has 0 saturated carbocycles. The van der Waals surface area contributed by atoms with Gasteiger partial charge in [-0.2, -0.15) is 0 Å². The highest BCUT2D eigenvalue weighted by molar-refractivity contribution is 8.02. The average Bonchev–Trinajstić information content (AvgIpc) is 3.61. The Kier molecular flexibility index (Phi) is 8.57. The van der Waals surface area contributed by atoms with Crippen molar-refractivity contribution < 1.29 is 9.59 Å². The molecule has 0 atom stereocenters. The number of nitrogens with one attached hydrogen (secondary N) is 2. The molecule has 10 heteroatoms. The molecule has 0 unspecified atom stereocenters. The number of fused-ring (bicyclic) bond motifs is 2. The summed E-state index contributed by atoms with van der Waals surface area (Å²) in [6.07, 6.45) is 0. The molecule has 2 amide bonds. The molecule has 2 heterocycles. The van der Waals surface area contributed by atoms with E-state index in [1.54, 1.807) is 22.7 Å². The third-order valence-electron chi connectivity index (χ3n) is 6.54. The summed E-state index contributed by atoms with van der Waals surface area (Å²) in [5, 5.41) is 6.06. The second kappa shape index (κ2) is 12.7. The van der Waals surface area contributed by atoms with Crippen molar-refractivity contribution in [3.8, 4) is 11.1 Å². The minimum Gasteiger partial charge on any atom is -0.325 e. The highest BCUT2D eigenvalue weighted by atomic mass is 32.2. The molecule has 0 spiro atoms. The summed E-state index contributed by atoms with van der Waals surface area (Å²) in [6, 6.07) is 28.0. The number of amides is 2. The lowest BCUT2D eigenvalue weighted by Crippen LogP contribution is -2.15. The Balaban J connectivity index is 1.04. The van der Waals surface area contributed by atoms with Crippen molar-refractivity contribution >= 4 is 89.8 Å². The van der Waals surface area contributed by atoms with Crippen LogP contribution in [-0.2, 0) is 9.59 Å². The zero-order valence-electron chi connectivity index (χ0n) is 22.8. The summed E-state index contributed by atoms with van der Waals surface area (Å²) in [5.41, 5.74) is 7.55. The zero-order valence-corrected chi connectivity index (χ0v) is 26.1. The van der Waals surface area contributed by atoms with E-state index in [9.17, 15) is 9.59 Å². The number of thiazole rings is 2. The van der Waals surface area contributed by atoms with Crippen molar-refractivity contribution in [2.75, 3.05) is 22.1 Å². The van der Waals surface area contributed by atoms with Gasteiger partial charge in [-0.25, -0.2) is 9.97 Å². The molecule has 6 nitrogen and oxygen atoms in total. The van der Waals surface area contributed by atoms with E-state index in [0.29, 0.717) is 11.5 Å². The number of nitrogens with zero attached hydrogens (tertiary/aromatic N) is 2. The first-order valence-corrected chi connectivity index (χ1v) is 16.8. The van der Waals surface area contributed by atoms with Gasteiger partial charge in [-0.3, -0.25) is 9.59 Å². The monoisotopic (exact) mass is 626 g/mol. The number of carbonyl (C=O) groups excluding carboxylic acids is 2. The van der Waals surface area contributed by atoms with Crippen molar-refractivity contribution in [3.63, 3.8) is 0 Å². The van der Waals surface area contributed by atoms with Gasteiger partial charge in [-0.15, -0.1) is 22.7 Å². The Morgan fingerprint density at radius 2 is 1.07 bits per heavy atom. The molecule has 0 radical (unpaired) electrons. The lowest BCUT2D eigenvalue weighted by atomic mass is 10.00. The average molecular weight is 627 g/mol. The first-order chi connectivity index (χ1) is 20.4. The lowest BCUT2D eigenvalue weighted by Gasteiger charge is -2.13. The first kappa shape index (κ1) is 28.4. The third kappa shape index (κ3) is 6.68. The largest absolute Gasteiger partial charge is 0.325 e. The number of thioether (sulfide) groups is 2. The molecule has 6 rings (SSSR count). The van der Waals surface area contributed by atoms with Crippen LogP contribution in [0.25, 0.3) is 31.6 Å². The smallest absolute Gasteiger partial charge is 0.234 e. The van der Waals surface area contributed by atoms with Gasteiger partial charge in [0.15, 0.2) is 8.68 Å². The molecule has 2 aromatic heterocycles. The Morgan fingerprint density at radius 1 is 0.643 bits per heavy atom. The summed E-state index contributed by atoms with van der Waals surface area (Å²) in [6.45, 7) is 3.98. The molecule has 42 heavy (non-hydrogen) atoms. The van der Waals surface area contributed by atoms with Crippen molar-refractivity contribution in [1.29, 1.82) is 0 Å². The van der Waals surface area contributed by atoms with Gasteiger partial charge in [0, 0.05) is 11.4 Å². The van der Waals surface area contributed by atoms with Crippen LogP contribution in [0.3, 0.4) is 0 Å². The van der Waals surface area contributed by atoms with E-state index >= 15 is 0 Å². The predicted molar refractivity (Wildman–Crippen MR) is 179 cm³/mol. The predicted octanol–water partition coefficient (Wildman–Crippen LogP) is 8.65. The Morgan fingerprint density at radius 3 is 1.48 bits per heavy atom. The van der Waals surface area contributed by atoms with E-state index in [-0.39, 0.29) is 11.8 Å². The standard InChI is InChI=1S/C32H26N4O2S4/c1-19-15-21(11-13-23(19)33-29(37)17-39-31-35-25-7-3-5-9-27(25)41-31)22-12-14-24(20(2)16-22)34-30(38)18-40-32-36-26-8-4-6-10-28(26)42-32/h3-16H,17-18H2,1-2H3,(H,33,37)(H,34,38). The number of carbonyl (C=O) groups is 2. The van der Waals surface area contributed by atoms with E-state index < -0.39 is 0 Å². The maximum absolute atomic E-state index is 12.7. The Hall–Kier alpha value is -3.70. The number of aryl methyl sites for hydroxylation is 2. The normalized spacial score (nSPS) is 11.2. The van der Waals surface area contributed by atoms with Gasteiger partial charge in [-0.1, -0.05) is 59.9 Å². The van der Waals surface area contributed by atoms with Crippen LogP contribution in [0.1, 0.15) is 11.1 Å². The third-order valence-corrected chi connectivity index (χ3v) is 10.9.